The van der Waals surface area contributed by atoms with Gasteiger partial charge in [0.2, 0.25) is 5.91 Å². The lowest BCUT2D eigenvalue weighted by molar-refractivity contribution is -0.116. The van der Waals surface area contributed by atoms with E-state index in [1.807, 2.05) is 0 Å². The van der Waals surface area contributed by atoms with Gasteiger partial charge in [0.05, 0.1) is 17.3 Å². The molecule has 2 rings (SSSR count). The summed E-state index contributed by atoms with van der Waals surface area (Å²) in [7, 11) is 0. The van der Waals surface area contributed by atoms with Gasteiger partial charge in [-0.1, -0.05) is 11.6 Å². The van der Waals surface area contributed by atoms with Crippen molar-refractivity contribution < 1.29 is 14.3 Å². The second-order valence-electron chi connectivity index (χ2n) is 4.49. The molecule has 0 unspecified atom stereocenters. The predicted octanol–water partition coefficient (Wildman–Crippen LogP) is 2.09. The number of carbonyl (C=O) groups excluding carboxylic acids is 2. The van der Waals surface area contributed by atoms with Crippen LogP contribution in [-0.4, -0.2) is 36.6 Å². The van der Waals surface area contributed by atoms with Gasteiger partial charge in [0.1, 0.15) is 6.61 Å². The van der Waals surface area contributed by atoms with Crippen LogP contribution in [0.2, 0.25) is 5.02 Å². The fourth-order valence-electron chi connectivity index (χ4n) is 1.90. The highest BCUT2D eigenvalue weighted by Gasteiger charge is 2.21. The number of nitrogens with two attached hydrogens (primary N) is 1. The maximum Gasteiger partial charge on any atom is 0.409 e. The van der Waals surface area contributed by atoms with Crippen molar-refractivity contribution in [1.82, 2.24) is 4.90 Å². The zero-order valence-corrected chi connectivity index (χ0v) is 11.7. The van der Waals surface area contributed by atoms with E-state index in [-0.39, 0.29) is 12.0 Å². The highest BCUT2D eigenvalue weighted by molar-refractivity contribution is 6.33. The van der Waals surface area contributed by atoms with Gasteiger partial charge in [-0.05, 0) is 24.6 Å². The Hall–Kier alpha value is -1.95. The molecule has 1 aliphatic heterocycles. The Morgan fingerprint density at radius 1 is 1.50 bits per heavy atom. The number of cyclic esters (lactones) is 1. The van der Waals surface area contributed by atoms with E-state index >= 15 is 0 Å². The summed E-state index contributed by atoms with van der Waals surface area (Å²) in [6.45, 7) is 1.54. The number of nitrogens with zero attached hydrogens (tertiary/aromatic N) is 1. The van der Waals surface area contributed by atoms with Gasteiger partial charge in [0.25, 0.3) is 0 Å². The van der Waals surface area contributed by atoms with Crippen molar-refractivity contribution in [2.24, 2.45) is 0 Å². The quantitative estimate of drug-likeness (QED) is 0.815. The molecular formula is C13H16ClN3O3. The topological polar surface area (TPSA) is 84.7 Å². The summed E-state index contributed by atoms with van der Waals surface area (Å²) in [5.74, 6) is -0.126. The molecule has 0 saturated carbocycles. The fraction of sp³-hybridized carbons (Fsp3) is 0.385. The van der Waals surface area contributed by atoms with Crippen LogP contribution in [0.25, 0.3) is 0 Å². The minimum absolute atomic E-state index is 0.126. The number of benzene rings is 1. The van der Waals surface area contributed by atoms with E-state index in [1.54, 1.807) is 23.1 Å². The molecule has 1 aliphatic rings. The predicted molar refractivity (Wildman–Crippen MR) is 76.6 cm³/mol. The summed E-state index contributed by atoms with van der Waals surface area (Å²) in [5.41, 5.74) is 6.68. The van der Waals surface area contributed by atoms with E-state index in [0.717, 1.165) is 0 Å². The van der Waals surface area contributed by atoms with Crippen molar-refractivity contribution in [2.45, 2.75) is 12.8 Å². The van der Waals surface area contributed by atoms with E-state index in [9.17, 15) is 9.59 Å². The molecule has 6 nitrogen and oxygen atoms in total. The number of ether oxygens (including phenoxy) is 1. The van der Waals surface area contributed by atoms with Crippen LogP contribution in [0.5, 0.6) is 0 Å². The molecule has 20 heavy (non-hydrogen) atoms. The highest BCUT2D eigenvalue weighted by atomic mass is 35.5. The number of hydrogen-bond donors (Lipinski definition) is 2. The lowest BCUT2D eigenvalue weighted by Gasteiger charge is -2.12. The van der Waals surface area contributed by atoms with E-state index in [1.165, 1.54) is 0 Å². The Bertz CT molecular complexity index is 522. The van der Waals surface area contributed by atoms with Crippen molar-refractivity contribution >= 4 is 35.0 Å². The summed E-state index contributed by atoms with van der Waals surface area (Å²) >= 11 is 5.80. The second-order valence-corrected chi connectivity index (χ2v) is 4.90. The van der Waals surface area contributed by atoms with Gasteiger partial charge in [0, 0.05) is 18.7 Å². The Morgan fingerprint density at radius 3 is 2.95 bits per heavy atom. The van der Waals surface area contributed by atoms with Crippen molar-refractivity contribution in [3.8, 4) is 0 Å². The van der Waals surface area contributed by atoms with Gasteiger partial charge in [-0.15, -0.1) is 0 Å². The van der Waals surface area contributed by atoms with E-state index in [4.69, 9.17) is 22.1 Å². The van der Waals surface area contributed by atoms with Gasteiger partial charge < -0.3 is 20.7 Å². The molecular weight excluding hydrogens is 282 g/mol. The fourth-order valence-corrected chi connectivity index (χ4v) is 2.02. The Morgan fingerprint density at radius 2 is 2.30 bits per heavy atom. The van der Waals surface area contributed by atoms with Crippen LogP contribution in [0.15, 0.2) is 18.2 Å². The Balaban J connectivity index is 1.75. The number of anilines is 2. The number of nitrogens with one attached hydrogen (secondary N) is 1. The SMILES string of the molecule is Nc1cc(NC(=O)CCCN2CCOC2=O)ccc1Cl. The lowest BCUT2D eigenvalue weighted by Crippen LogP contribution is -2.26. The summed E-state index contributed by atoms with van der Waals surface area (Å²) in [6.07, 6.45) is 0.604. The van der Waals surface area contributed by atoms with Gasteiger partial charge >= 0.3 is 6.09 Å². The van der Waals surface area contributed by atoms with Gasteiger partial charge in [-0.2, -0.15) is 0 Å². The molecule has 1 heterocycles. The molecule has 1 fully saturated rings. The first-order valence-electron chi connectivity index (χ1n) is 6.33. The molecule has 108 valence electrons. The second kappa shape index (κ2) is 6.47. The Labute approximate surface area is 121 Å². The van der Waals surface area contributed by atoms with Crippen LogP contribution in [0.3, 0.4) is 0 Å². The maximum atomic E-state index is 11.7. The third kappa shape index (κ3) is 3.77. The minimum Gasteiger partial charge on any atom is -0.448 e. The van der Waals surface area contributed by atoms with E-state index in [0.29, 0.717) is 48.9 Å². The third-order valence-corrected chi connectivity index (χ3v) is 3.30. The standard InChI is InChI=1S/C13H16ClN3O3/c14-10-4-3-9(8-11(10)15)16-12(18)2-1-5-17-6-7-20-13(17)19/h3-4,8H,1-2,5-7,15H2,(H,16,18). The molecule has 0 atom stereocenters. The first-order valence-corrected chi connectivity index (χ1v) is 6.70. The summed E-state index contributed by atoms with van der Waals surface area (Å²) in [6, 6.07) is 4.93. The average molecular weight is 298 g/mol. The van der Waals surface area contributed by atoms with Crippen LogP contribution in [0.4, 0.5) is 16.2 Å². The maximum absolute atomic E-state index is 11.7. The molecule has 3 N–H and O–H groups in total. The van der Waals surface area contributed by atoms with Crippen LogP contribution >= 0.6 is 11.6 Å². The molecule has 2 amide bonds. The number of halogens is 1. The average Bonchev–Trinajstić information content (AvgIpc) is 2.80. The monoisotopic (exact) mass is 297 g/mol. The van der Waals surface area contributed by atoms with Gasteiger partial charge in [0.15, 0.2) is 0 Å². The number of nitrogen functional groups attached to an aromatic ring is 1. The molecule has 0 aromatic heterocycles. The summed E-state index contributed by atoms with van der Waals surface area (Å²) in [4.78, 5) is 24.5. The van der Waals surface area contributed by atoms with Gasteiger partial charge in [-0.25, -0.2) is 4.79 Å². The van der Waals surface area contributed by atoms with Crippen molar-refractivity contribution in [3.05, 3.63) is 23.2 Å². The van der Waals surface area contributed by atoms with Crippen LogP contribution in [-0.2, 0) is 9.53 Å². The molecule has 0 aliphatic carbocycles. The number of rotatable bonds is 5. The van der Waals surface area contributed by atoms with Crippen LogP contribution in [0, 0.1) is 0 Å². The number of amides is 2. The van der Waals surface area contributed by atoms with E-state index < -0.39 is 0 Å². The van der Waals surface area contributed by atoms with E-state index in [2.05, 4.69) is 5.32 Å². The van der Waals surface area contributed by atoms with Crippen LogP contribution < -0.4 is 11.1 Å². The molecule has 7 heteroatoms. The highest BCUT2D eigenvalue weighted by Crippen LogP contribution is 2.22. The molecule has 1 aromatic carbocycles. The largest absolute Gasteiger partial charge is 0.448 e. The molecule has 0 spiro atoms. The molecule has 0 bridgehead atoms. The van der Waals surface area contributed by atoms with Gasteiger partial charge in [-0.3, -0.25) is 4.79 Å². The zero-order chi connectivity index (χ0) is 14.5. The van der Waals surface area contributed by atoms with Crippen molar-refractivity contribution in [3.63, 3.8) is 0 Å². The number of carbonyl (C=O) groups is 2. The smallest absolute Gasteiger partial charge is 0.409 e. The first-order chi connectivity index (χ1) is 9.56. The molecule has 1 aromatic rings. The normalized spacial score (nSPS) is 14.2. The first kappa shape index (κ1) is 14.5. The number of hydrogen-bond acceptors (Lipinski definition) is 4. The lowest BCUT2D eigenvalue weighted by atomic mass is 10.2. The minimum atomic E-state index is -0.309. The summed E-state index contributed by atoms with van der Waals surface area (Å²) in [5, 5.41) is 3.19. The Kier molecular flexibility index (Phi) is 4.68. The zero-order valence-electron chi connectivity index (χ0n) is 10.9. The van der Waals surface area contributed by atoms with Crippen molar-refractivity contribution in [2.75, 3.05) is 30.7 Å². The van der Waals surface area contributed by atoms with Crippen LogP contribution in [0.1, 0.15) is 12.8 Å². The molecule has 0 radical (unpaired) electrons. The summed E-state index contributed by atoms with van der Waals surface area (Å²) < 4.78 is 4.80. The third-order valence-electron chi connectivity index (χ3n) is 2.96. The van der Waals surface area contributed by atoms with Crippen molar-refractivity contribution in [1.29, 1.82) is 0 Å². The molecule has 1 saturated heterocycles.